The summed E-state index contributed by atoms with van der Waals surface area (Å²) in [5.41, 5.74) is 6.51. The van der Waals surface area contributed by atoms with E-state index in [2.05, 4.69) is 5.32 Å². The predicted octanol–water partition coefficient (Wildman–Crippen LogP) is 0.458. The zero-order chi connectivity index (χ0) is 12.7. The summed E-state index contributed by atoms with van der Waals surface area (Å²) in [5.74, 6) is -0.506. The van der Waals surface area contributed by atoms with E-state index in [0.717, 1.165) is 5.56 Å². The van der Waals surface area contributed by atoms with Crippen molar-refractivity contribution < 1.29 is 13.9 Å². The average Bonchev–Trinajstić information content (AvgIpc) is 2.32. The quantitative estimate of drug-likeness (QED) is 0.759. The highest BCUT2D eigenvalue weighted by Crippen LogP contribution is 2.02. The van der Waals surface area contributed by atoms with Gasteiger partial charge in [-0.15, -0.1) is 0 Å². The third-order valence-corrected chi connectivity index (χ3v) is 2.31. The van der Waals surface area contributed by atoms with Gasteiger partial charge in [-0.3, -0.25) is 4.79 Å². The topological polar surface area (TPSA) is 64.3 Å². The van der Waals surface area contributed by atoms with Crippen LogP contribution in [0.1, 0.15) is 5.56 Å². The van der Waals surface area contributed by atoms with Gasteiger partial charge in [0.15, 0.2) is 0 Å². The third kappa shape index (κ3) is 4.93. The molecular formula is C12H17FN2O2. The summed E-state index contributed by atoms with van der Waals surface area (Å²) in [7, 11) is 1.49. The highest BCUT2D eigenvalue weighted by Gasteiger charge is 2.11. The van der Waals surface area contributed by atoms with Gasteiger partial charge in [0.05, 0.1) is 6.61 Å². The number of hydrogen-bond donors (Lipinski definition) is 2. The number of hydrogen-bond acceptors (Lipinski definition) is 3. The molecule has 1 rings (SSSR count). The van der Waals surface area contributed by atoms with E-state index >= 15 is 0 Å². The lowest BCUT2D eigenvalue weighted by Gasteiger charge is -2.11. The molecule has 0 spiro atoms. The monoisotopic (exact) mass is 240 g/mol. The van der Waals surface area contributed by atoms with E-state index in [1.807, 2.05) is 0 Å². The Hall–Kier alpha value is -1.46. The molecule has 1 amide bonds. The number of methoxy groups -OCH3 is 1. The zero-order valence-corrected chi connectivity index (χ0v) is 9.78. The first-order valence-corrected chi connectivity index (χ1v) is 5.40. The van der Waals surface area contributed by atoms with Crippen LogP contribution < -0.4 is 11.1 Å². The summed E-state index contributed by atoms with van der Waals surface area (Å²) in [6.45, 7) is 0.671. The fourth-order valence-corrected chi connectivity index (χ4v) is 1.37. The van der Waals surface area contributed by atoms with Crippen LogP contribution in [-0.2, 0) is 16.0 Å². The van der Waals surface area contributed by atoms with Gasteiger partial charge in [-0.05, 0) is 24.1 Å². The zero-order valence-electron chi connectivity index (χ0n) is 9.78. The molecule has 1 unspecified atom stereocenters. The normalized spacial score (nSPS) is 12.2. The van der Waals surface area contributed by atoms with Crippen LogP contribution in [0.3, 0.4) is 0 Å². The van der Waals surface area contributed by atoms with Gasteiger partial charge in [0.2, 0.25) is 5.91 Å². The van der Waals surface area contributed by atoms with Crippen molar-refractivity contribution in [2.24, 2.45) is 5.73 Å². The predicted molar refractivity (Wildman–Crippen MR) is 63.0 cm³/mol. The maximum absolute atomic E-state index is 12.6. The molecule has 3 N–H and O–H groups in total. The summed E-state index contributed by atoms with van der Waals surface area (Å²) < 4.78 is 17.4. The Morgan fingerprint density at radius 1 is 1.47 bits per heavy atom. The first kappa shape index (κ1) is 13.6. The molecule has 94 valence electrons. The van der Waals surface area contributed by atoms with Gasteiger partial charge in [0.25, 0.3) is 0 Å². The number of nitrogens with one attached hydrogen (secondary N) is 1. The van der Waals surface area contributed by atoms with Gasteiger partial charge >= 0.3 is 0 Å². The van der Waals surface area contributed by atoms with Crippen LogP contribution in [0.25, 0.3) is 0 Å². The Balaban J connectivity index is 2.28. The maximum atomic E-state index is 12.6. The van der Waals surface area contributed by atoms with Crippen LogP contribution in [-0.4, -0.2) is 32.2 Å². The molecule has 0 aromatic heterocycles. The second-order valence-electron chi connectivity index (χ2n) is 3.73. The minimum atomic E-state index is -0.645. The van der Waals surface area contributed by atoms with Crippen molar-refractivity contribution in [2.45, 2.75) is 12.5 Å². The fraction of sp³-hybridized carbons (Fsp3) is 0.417. The average molecular weight is 240 g/mol. The lowest BCUT2D eigenvalue weighted by molar-refractivity contribution is -0.123. The number of rotatable bonds is 6. The highest BCUT2D eigenvalue weighted by atomic mass is 19.1. The summed E-state index contributed by atoms with van der Waals surface area (Å²) >= 11 is 0. The molecule has 17 heavy (non-hydrogen) atoms. The smallest absolute Gasteiger partial charge is 0.239 e. The lowest BCUT2D eigenvalue weighted by Crippen LogP contribution is -2.44. The Kier molecular flexibility index (Phi) is 5.59. The van der Waals surface area contributed by atoms with Crippen LogP contribution in [0.2, 0.25) is 0 Å². The van der Waals surface area contributed by atoms with E-state index in [0.29, 0.717) is 13.0 Å². The minimum absolute atomic E-state index is 0.197. The molecule has 0 saturated heterocycles. The number of nitrogens with two attached hydrogens (primary N) is 1. The molecule has 0 aliphatic rings. The molecule has 0 radical (unpaired) electrons. The number of ether oxygens (including phenoxy) is 1. The Morgan fingerprint density at radius 2 is 2.12 bits per heavy atom. The van der Waals surface area contributed by atoms with Crippen molar-refractivity contribution in [3.8, 4) is 0 Å². The van der Waals surface area contributed by atoms with E-state index in [1.165, 1.54) is 19.2 Å². The molecular weight excluding hydrogens is 223 g/mol. The Labute approximate surface area is 100.0 Å². The van der Waals surface area contributed by atoms with Gasteiger partial charge in [0.1, 0.15) is 11.9 Å². The first-order chi connectivity index (χ1) is 8.13. The van der Waals surface area contributed by atoms with Crippen LogP contribution in [0.4, 0.5) is 4.39 Å². The SMILES string of the molecule is COCC(N)C(=O)NCCc1ccc(F)cc1. The minimum Gasteiger partial charge on any atom is -0.383 e. The molecule has 0 aliphatic carbocycles. The van der Waals surface area contributed by atoms with Crippen molar-refractivity contribution >= 4 is 5.91 Å². The number of carbonyl (C=O) groups excluding carboxylic acids is 1. The third-order valence-electron chi connectivity index (χ3n) is 2.31. The van der Waals surface area contributed by atoms with Gasteiger partial charge in [-0.1, -0.05) is 12.1 Å². The maximum Gasteiger partial charge on any atom is 0.239 e. The first-order valence-electron chi connectivity index (χ1n) is 5.40. The van der Waals surface area contributed by atoms with Crippen molar-refractivity contribution in [3.05, 3.63) is 35.6 Å². The number of amides is 1. The molecule has 5 heteroatoms. The lowest BCUT2D eigenvalue weighted by atomic mass is 10.1. The number of benzene rings is 1. The molecule has 4 nitrogen and oxygen atoms in total. The Bertz CT molecular complexity index is 354. The molecule has 0 fully saturated rings. The van der Waals surface area contributed by atoms with Crippen LogP contribution in [0, 0.1) is 5.82 Å². The van der Waals surface area contributed by atoms with E-state index in [1.54, 1.807) is 12.1 Å². The summed E-state index contributed by atoms with van der Waals surface area (Å²) in [6, 6.07) is 5.53. The van der Waals surface area contributed by atoms with Gasteiger partial charge in [0, 0.05) is 13.7 Å². The molecule has 0 aliphatic heterocycles. The summed E-state index contributed by atoms with van der Waals surface area (Å²) in [4.78, 5) is 11.4. The molecule has 0 bridgehead atoms. The summed E-state index contributed by atoms with van der Waals surface area (Å²) in [6.07, 6.45) is 0.645. The van der Waals surface area contributed by atoms with Crippen LogP contribution in [0.5, 0.6) is 0 Å². The number of halogens is 1. The van der Waals surface area contributed by atoms with E-state index in [-0.39, 0.29) is 18.3 Å². The molecule has 1 aromatic carbocycles. The van der Waals surface area contributed by atoms with Crippen molar-refractivity contribution in [1.82, 2.24) is 5.32 Å². The second-order valence-corrected chi connectivity index (χ2v) is 3.73. The van der Waals surface area contributed by atoms with Gasteiger partial charge in [-0.2, -0.15) is 0 Å². The van der Waals surface area contributed by atoms with Crippen LogP contribution >= 0.6 is 0 Å². The molecule has 1 aromatic rings. The van der Waals surface area contributed by atoms with Crippen LogP contribution in [0.15, 0.2) is 24.3 Å². The summed E-state index contributed by atoms with van der Waals surface area (Å²) in [5, 5.41) is 2.69. The van der Waals surface area contributed by atoms with E-state index in [9.17, 15) is 9.18 Å². The number of carbonyl (C=O) groups is 1. The molecule has 0 saturated carbocycles. The standard InChI is InChI=1S/C12H17FN2O2/c1-17-8-11(14)12(16)15-7-6-9-2-4-10(13)5-3-9/h2-5,11H,6-8,14H2,1H3,(H,15,16). The van der Waals surface area contributed by atoms with E-state index in [4.69, 9.17) is 10.5 Å². The molecule has 0 heterocycles. The van der Waals surface area contributed by atoms with Gasteiger partial charge in [-0.25, -0.2) is 4.39 Å². The Morgan fingerprint density at radius 3 is 2.71 bits per heavy atom. The highest BCUT2D eigenvalue weighted by molar-refractivity contribution is 5.81. The van der Waals surface area contributed by atoms with Crippen molar-refractivity contribution in [2.75, 3.05) is 20.3 Å². The van der Waals surface area contributed by atoms with Gasteiger partial charge < -0.3 is 15.8 Å². The molecule has 1 atom stereocenters. The fourth-order valence-electron chi connectivity index (χ4n) is 1.37. The second kappa shape index (κ2) is 6.98. The largest absolute Gasteiger partial charge is 0.383 e. The van der Waals surface area contributed by atoms with E-state index < -0.39 is 6.04 Å². The van der Waals surface area contributed by atoms with Crippen molar-refractivity contribution in [1.29, 1.82) is 0 Å². The van der Waals surface area contributed by atoms with Crippen molar-refractivity contribution in [3.63, 3.8) is 0 Å².